The second-order valence-electron chi connectivity index (χ2n) is 5.42. The van der Waals surface area contributed by atoms with E-state index in [9.17, 15) is 4.79 Å². The summed E-state index contributed by atoms with van der Waals surface area (Å²) in [5.41, 5.74) is 1.74. The molecule has 1 unspecified atom stereocenters. The standard InChI is InChI=1S/C17H18N4O2S/c1-11-3-8-15(23-11)12(2)20-16(22)14-6-4-13(5-7-14)9-24-17-18-10-19-21-17/h3-8,10,12H,9H2,1-2H3,(H,20,22)(H,18,19,21). The van der Waals surface area contributed by atoms with Gasteiger partial charge < -0.3 is 9.73 Å². The van der Waals surface area contributed by atoms with Crippen molar-refractivity contribution in [2.24, 2.45) is 0 Å². The van der Waals surface area contributed by atoms with Crippen LogP contribution in [0.5, 0.6) is 0 Å². The predicted octanol–water partition coefficient (Wildman–Crippen LogP) is 3.49. The Morgan fingerprint density at radius 3 is 2.71 bits per heavy atom. The molecule has 0 aliphatic carbocycles. The quantitative estimate of drug-likeness (QED) is 0.670. The minimum Gasteiger partial charge on any atom is -0.464 e. The van der Waals surface area contributed by atoms with Gasteiger partial charge in [-0.2, -0.15) is 5.10 Å². The Bertz CT molecular complexity index is 796. The average molecular weight is 342 g/mol. The van der Waals surface area contributed by atoms with Crippen LogP contribution < -0.4 is 5.32 Å². The molecule has 124 valence electrons. The number of H-pyrrole nitrogens is 1. The first-order chi connectivity index (χ1) is 11.6. The molecule has 0 spiro atoms. The van der Waals surface area contributed by atoms with Crippen molar-refractivity contribution in [3.05, 3.63) is 65.4 Å². The van der Waals surface area contributed by atoms with Crippen LogP contribution in [-0.2, 0) is 5.75 Å². The summed E-state index contributed by atoms with van der Waals surface area (Å²) in [6, 6.07) is 11.1. The molecule has 1 aromatic carbocycles. The summed E-state index contributed by atoms with van der Waals surface area (Å²) in [6.07, 6.45) is 1.48. The third kappa shape index (κ3) is 4.05. The van der Waals surface area contributed by atoms with E-state index in [1.165, 1.54) is 6.33 Å². The van der Waals surface area contributed by atoms with Crippen molar-refractivity contribution in [1.29, 1.82) is 0 Å². The highest BCUT2D eigenvalue weighted by molar-refractivity contribution is 7.98. The number of amides is 1. The number of hydrogen-bond donors (Lipinski definition) is 2. The lowest BCUT2D eigenvalue weighted by Crippen LogP contribution is -2.26. The fourth-order valence-electron chi connectivity index (χ4n) is 2.21. The number of hydrogen-bond acceptors (Lipinski definition) is 5. The van der Waals surface area contributed by atoms with Crippen LogP contribution in [0.25, 0.3) is 0 Å². The molecule has 3 aromatic rings. The molecular formula is C17H18N4O2S. The van der Waals surface area contributed by atoms with Crippen LogP contribution in [0.4, 0.5) is 0 Å². The largest absolute Gasteiger partial charge is 0.464 e. The van der Waals surface area contributed by atoms with Gasteiger partial charge in [0.1, 0.15) is 17.8 Å². The lowest BCUT2D eigenvalue weighted by molar-refractivity contribution is 0.0935. The Labute approximate surface area is 144 Å². The first-order valence-electron chi connectivity index (χ1n) is 7.56. The number of aromatic amines is 1. The van der Waals surface area contributed by atoms with Gasteiger partial charge in [0, 0.05) is 11.3 Å². The minimum atomic E-state index is -0.173. The van der Waals surface area contributed by atoms with E-state index in [4.69, 9.17) is 4.42 Å². The first kappa shape index (κ1) is 16.3. The Hall–Kier alpha value is -2.54. The molecule has 0 saturated heterocycles. The van der Waals surface area contributed by atoms with Gasteiger partial charge in [-0.3, -0.25) is 9.89 Å². The van der Waals surface area contributed by atoms with Crippen molar-refractivity contribution in [3.8, 4) is 0 Å². The van der Waals surface area contributed by atoms with Gasteiger partial charge in [-0.1, -0.05) is 23.9 Å². The maximum absolute atomic E-state index is 12.3. The number of nitrogens with one attached hydrogen (secondary N) is 2. The molecule has 3 rings (SSSR count). The van der Waals surface area contributed by atoms with Crippen molar-refractivity contribution < 1.29 is 9.21 Å². The number of furan rings is 1. The van der Waals surface area contributed by atoms with E-state index in [0.717, 1.165) is 28.0 Å². The average Bonchev–Trinajstić information content (AvgIpc) is 3.25. The molecule has 0 fully saturated rings. The summed E-state index contributed by atoms with van der Waals surface area (Å²) in [7, 11) is 0. The zero-order valence-corrected chi connectivity index (χ0v) is 14.3. The summed E-state index contributed by atoms with van der Waals surface area (Å²) in [4.78, 5) is 16.4. The van der Waals surface area contributed by atoms with E-state index in [1.807, 2.05) is 50.2 Å². The first-order valence-corrected chi connectivity index (χ1v) is 8.54. The second-order valence-corrected chi connectivity index (χ2v) is 6.38. The molecular weight excluding hydrogens is 324 g/mol. The van der Waals surface area contributed by atoms with Crippen molar-refractivity contribution in [2.75, 3.05) is 0 Å². The summed E-state index contributed by atoms with van der Waals surface area (Å²) in [5.74, 6) is 2.23. The van der Waals surface area contributed by atoms with Crippen LogP contribution in [0.3, 0.4) is 0 Å². The van der Waals surface area contributed by atoms with Gasteiger partial charge in [0.25, 0.3) is 5.91 Å². The summed E-state index contributed by atoms with van der Waals surface area (Å²) in [6.45, 7) is 3.78. The molecule has 7 heteroatoms. The van der Waals surface area contributed by atoms with Crippen LogP contribution in [0, 0.1) is 6.92 Å². The van der Waals surface area contributed by atoms with E-state index in [1.54, 1.807) is 11.8 Å². The monoisotopic (exact) mass is 342 g/mol. The molecule has 0 bridgehead atoms. The molecule has 6 nitrogen and oxygen atoms in total. The Morgan fingerprint density at radius 1 is 1.29 bits per heavy atom. The smallest absolute Gasteiger partial charge is 0.251 e. The molecule has 1 atom stereocenters. The van der Waals surface area contributed by atoms with Crippen LogP contribution in [0.15, 0.2) is 52.3 Å². The fourth-order valence-corrected chi connectivity index (χ4v) is 2.94. The molecule has 24 heavy (non-hydrogen) atoms. The lowest BCUT2D eigenvalue weighted by atomic mass is 10.1. The highest BCUT2D eigenvalue weighted by Gasteiger charge is 2.14. The molecule has 0 aliphatic rings. The highest BCUT2D eigenvalue weighted by Crippen LogP contribution is 2.19. The van der Waals surface area contributed by atoms with E-state index in [0.29, 0.717) is 5.56 Å². The predicted molar refractivity (Wildman–Crippen MR) is 91.7 cm³/mol. The normalized spacial score (nSPS) is 12.1. The van der Waals surface area contributed by atoms with Crippen LogP contribution in [-0.4, -0.2) is 21.1 Å². The third-order valence-electron chi connectivity index (χ3n) is 3.52. The molecule has 1 amide bonds. The van der Waals surface area contributed by atoms with Crippen molar-refractivity contribution in [1.82, 2.24) is 20.5 Å². The zero-order valence-electron chi connectivity index (χ0n) is 13.4. The zero-order chi connectivity index (χ0) is 16.9. The fraction of sp³-hybridized carbons (Fsp3) is 0.235. The number of rotatable bonds is 6. The topological polar surface area (TPSA) is 83.8 Å². The molecule has 0 aliphatic heterocycles. The number of aryl methyl sites for hydroxylation is 1. The van der Waals surface area contributed by atoms with Gasteiger partial charge in [0.15, 0.2) is 5.16 Å². The summed E-state index contributed by atoms with van der Waals surface area (Å²) >= 11 is 1.56. The van der Waals surface area contributed by atoms with Gasteiger partial charge in [0.2, 0.25) is 0 Å². The van der Waals surface area contributed by atoms with E-state index in [2.05, 4.69) is 20.5 Å². The number of carbonyl (C=O) groups excluding carboxylic acids is 1. The maximum atomic E-state index is 12.3. The number of benzene rings is 1. The Kier molecular flexibility index (Phi) is 5.00. The molecule has 2 aromatic heterocycles. The van der Waals surface area contributed by atoms with Gasteiger partial charge in [0.05, 0.1) is 6.04 Å². The second kappa shape index (κ2) is 7.35. The molecule has 0 radical (unpaired) electrons. The Morgan fingerprint density at radius 2 is 2.08 bits per heavy atom. The van der Waals surface area contributed by atoms with Crippen molar-refractivity contribution in [3.63, 3.8) is 0 Å². The van der Waals surface area contributed by atoms with E-state index < -0.39 is 0 Å². The van der Waals surface area contributed by atoms with Gasteiger partial charge in [-0.15, -0.1) is 0 Å². The molecule has 0 saturated carbocycles. The minimum absolute atomic E-state index is 0.119. The van der Waals surface area contributed by atoms with Crippen LogP contribution >= 0.6 is 11.8 Å². The van der Waals surface area contributed by atoms with Gasteiger partial charge in [-0.05, 0) is 43.7 Å². The van der Waals surface area contributed by atoms with E-state index in [-0.39, 0.29) is 11.9 Å². The van der Waals surface area contributed by atoms with Crippen LogP contribution in [0.1, 0.15) is 40.4 Å². The SMILES string of the molecule is Cc1ccc(C(C)NC(=O)c2ccc(CSc3ncn[nH]3)cc2)o1. The number of thioether (sulfide) groups is 1. The molecule has 2 N–H and O–H groups in total. The lowest BCUT2D eigenvalue weighted by Gasteiger charge is -2.11. The molecule has 2 heterocycles. The Balaban J connectivity index is 1.57. The van der Waals surface area contributed by atoms with Gasteiger partial charge in [-0.25, -0.2) is 4.98 Å². The van der Waals surface area contributed by atoms with Crippen LogP contribution in [0.2, 0.25) is 0 Å². The maximum Gasteiger partial charge on any atom is 0.251 e. The highest BCUT2D eigenvalue weighted by atomic mass is 32.2. The van der Waals surface area contributed by atoms with Gasteiger partial charge >= 0.3 is 0 Å². The third-order valence-corrected chi connectivity index (χ3v) is 4.47. The number of carbonyl (C=O) groups is 1. The van der Waals surface area contributed by atoms with E-state index >= 15 is 0 Å². The number of nitrogens with zero attached hydrogens (tertiary/aromatic N) is 2. The van der Waals surface area contributed by atoms with Crippen molar-refractivity contribution >= 4 is 17.7 Å². The summed E-state index contributed by atoms with van der Waals surface area (Å²) in [5, 5.41) is 10.3. The number of aromatic nitrogens is 3. The summed E-state index contributed by atoms with van der Waals surface area (Å²) < 4.78 is 5.54. The van der Waals surface area contributed by atoms with Crippen molar-refractivity contribution in [2.45, 2.75) is 30.8 Å².